The van der Waals surface area contributed by atoms with E-state index in [-0.39, 0.29) is 16.9 Å². The van der Waals surface area contributed by atoms with Gasteiger partial charge in [-0.2, -0.15) is 0 Å². The SMILES string of the molecule is CCOc1cc(C(C)(C)c2ccc(O)c(OCC)c2)ccc1O. The van der Waals surface area contributed by atoms with Gasteiger partial charge in [0.15, 0.2) is 23.0 Å². The molecule has 2 N–H and O–H groups in total. The summed E-state index contributed by atoms with van der Waals surface area (Å²) in [6.07, 6.45) is 0. The van der Waals surface area contributed by atoms with Crippen molar-refractivity contribution >= 4 is 0 Å². The van der Waals surface area contributed by atoms with Gasteiger partial charge in [-0.25, -0.2) is 0 Å². The first-order chi connectivity index (χ1) is 10.9. The summed E-state index contributed by atoms with van der Waals surface area (Å²) < 4.78 is 11.0. The second-order valence-electron chi connectivity index (χ2n) is 5.86. The van der Waals surface area contributed by atoms with Gasteiger partial charge >= 0.3 is 0 Å². The summed E-state index contributed by atoms with van der Waals surface area (Å²) in [5.74, 6) is 1.21. The summed E-state index contributed by atoms with van der Waals surface area (Å²) in [6, 6.07) is 10.8. The Bertz CT molecular complexity index is 620. The van der Waals surface area contributed by atoms with Crippen molar-refractivity contribution in [2.45, 2.75) is 33.1 Å². The molecule has 0 radical (unpaired) electrons. The van der Waals surface area contributed by atoms with Crippen LogP contribution in [0.15, 0.2) is 36.4 Å². The maximum Gasteiger partial charge on any atom is 0.161 e. The highest BCUT2D eigenvalue weighted by atomic mass is 16.5. The summed E-state index contributed by atoms with van der Waals surface area (Å²) in [7, 11) is 0. The third-order valence-corrected chi connectivity index (χ3v) is 3.96. The minimum absolute atomic E-state index is 0.132. The lowest BCUT2D eigenvalue weighted by atomic mass is 9.78. The quantitative estimate of drug-likeness (QED) is 0.837. The zero-order chi connectivity index (χ0) is 17.0. The van der Waals surface area contributed by atoms with Crippen molar-refractivity contribution in [1.82, 2.24) is 0 Å². The Morgan fingerprint density at radius 1 is 0.783 bits per heavy atom. The predicted molar refractivity (Wildman–Crippen MR) is 90.7 cm³/mol. The van der Waals surface area contributed by atoms with E-state index in [0.717, 1.165) is 11.1 Å². The van der Waals surface area contributed by atoms with Crippen LogP contribution >= 0.6 is 0 Å². The third-order valence-electron chi connectivity index (χ3n) is 3.96. The minimum atomic E-state index is -0.334. The minimum Gasteiger partial charge on any atom is -0.504 e. The van der Waals surface area contributed by atoms with Crippen molar-refractivity contribution in [2.75, 3.05) is 13.2 Å². The van der Waals surface area contributed by atoms with Crippen LogP contribution in [0.2, 0.25) is 0 Å². The Kier molecular flexibility index (Phi) is 5.04. The summed E-state index contributed by atoms with van der Waals surface area (Å²) >= 11 is 0. The predicted octanol–water partition coefficient (Wildman–Crippen LogP) is 4.22. The van der Waals surface area contributed by atoms with Crippen LogP contribution in [0.25, 0.3) is 0 Å². The van der Waals surface area contributed by atoms with Crippen molar-refractivity contribution in [3.8, 4) is 23.0 Å². The molecule has 0 spiro atoms. The van der Waals surface area contributed by atoms with Gasteiger partial charge in [0.2, 0.25) is 0 Å². The van der Waals surface area contributed by atoms with Gasteiger partial charge in [-0.15, -0.1) is 0 Å². The van der Waals surface area contributed by atoms with Gasteiger partial charge in [-0.1, -0.05) is 26.0 Å². The molecule has 4 heteroatoms. The maximum absolute atomic E-state index is 9.87. The lowest BCUT2D eigenvalue weighted by molar-refractivity contribution is 0.316. The van der Waals surface area contributed by atoms with Gasteiger partial charge in [0.05, 0.1) is 13.2 Å². The van der Waals surface area contributed by atoms with Gasteiger partial charge < -0.3 is 19.7 Å². The Morgan fingerprint density at radius 2 is 1.17 bits per heavy atom. The van der Waals surface area contributed by atoms with E-state index >= 15 is 0 Å². The highest BCUT2D eigenvalue weighted by molar-refractivity contribution is 5.50. The van der Waals surface area contributed by atoms with Gasteiger partial charge in [-0.3, -0.25) is 0 Å². The van der Waals surface area contributed by atoms with Crippen molar-refractivity contribution in [3.05, 3.63) is 47.5 Å². The zero-order valence-corrected chi connectivity index (χ0v) is 14.1. The van der Waals surface area contributed by atoms with Gasteiger partial charge in [0.25, 0.3) is 0 Å². The molecule has 2 aromatic carbocycles. The Labute approximate surface area is 137 Å². The molecule has 0 aliphatic carbocycles. The van der Waals surface area contributed by atoms with Gasteiger partial charge in [-0.05, 0) is 49.2 Å². The number of hydrogen-bond acceptors (Lipinski definition) is 4. The molecule has 0 aromatic heterocycles. The van der Waals surface area contributed by atoms with E-state index in [1.807, 2.05) is 38.1 Å². The highest BCUT2D eigenvalue weighted by Crippen LogP contribution is 2.39. The highest BCUT2D eigenvalue weighted by Gasteiger charge is 2.25. The van der Waals surface area contributed by atoms with Crippen molar-refractivity contribution < 1.29 is 19.7 Å². The van der Waals surface area contributed by atoms with Crippen LogP contribution in [0.1, 0.15) is 38.8 Å². The molecule has 0 unspecified atom stereocenters. The second-order valence-corrected chi connectivity index (χ2v) is 5.86. The molecule has 0 saturated carbocycles. The summed E-state index contributed by atoms with van der Waals surface area (Å²) in [4.78, 5) is 0. The largest absolute Gasteiger partial charge is 0.504 e. The van der Waals surface area contributed by atoms with Crippen LogP contribution < -0.4 is 9.47 Å². The van der Waals surface area contributed by atoms with E-state index in [1.165, 1.54) is 0 Å². The monoisotopic (exact) mass is 316 g/mol. The van der Waals surface area contributed by atoms with E-state index in [1.54, 1.807) is 12.1 Å². The fourth-order valence-corrected chi connectivity index (χ4v) is 2.51. The van der Waals surface area contributed by atoms with E-state index in [9.17, 15) is 10.2 Å². The molecule has 0 aliphatic heterocycles. The fraction of sp³-hybridized carbons (Fsp3) is 0.368. The Morgan fingerprint density at radius 3 is 1.52 bits per heavy atom. The number of ether oxygens (including phenoxy) is 2. The lowest BCUT2D eigenvalue weighted by Crippen LogP contribution is -2.19. The molecular weight excluding hydrogens is 292 g/mol. The number of phenols is 2. The van der Waals surface area contributed by atoms with Crippen molar-refractivity contribution in [2.24, 2.45) is 0 Å². The molecule has 0 aliphatic rings. The molecule has 0 saturated heterocycles. The molecule has 0 atom stereocenters. The lowest BCUT2D eigenvalue weighted by Gasteiger charge is -2.27. The fourth-order valence-electron chi connectivity index (χ4n) is 2.51. The summed E-state index contributed by atoms with van der Waals surface area (Å²) in [5, 5.41) is 19.7. The van der Waals surface area contributed by atoms with Crippen LogP contribution in [-0.4, -0.2) is 23.4 Å². The van der Waals surface area contributed by atoms with Crippen molar-refractivity contribution in [3.63, 3.8) is 0 Å². The molecular formula is C19H24O4. The first-order valence-corrected chi connectivity index (χ1v) is 7.82. The van der Waals surface area contributed by atoms with Gasteiger partial charge in [0, 0.05) is 5.41 Å². The molecule has 0 heterocycles. The number of hydrogen-bond donors (Lipinski definition) is 2. The molecule has 2 rings (SSSR count). The normalized spacial score (nSPS) is 11.3. The Balaban J connectivity index is 2.45. The summed E-state index contributed by atoms with van der Waals surface area (Å²) in [6.45, 7) is 8.90. The van der Waals surface area contributed by atoms with Crippen LogP contribution in [0, 0.1) is 0 Å². The van der Waals surface area contributed by atoms with E-state index in [4.69, 9.17) is 9.47 Å². The molecule has 2 aromatic rings. The molecule has 23 heavy (non-hydrogen) atoms. The van der Waals surface area contributed by atoms with Crippen LogP contribution in [0.5, 0.6) is 23.0 Å². The average Bonchev–Trinajstić information content (AvgIpc) is 2.51. The van der Waals surface area contributed by atoms with E-state index < -0.39 is 0 Å². The maximum atomic E-state index is 9.87. The molecule has 0 bridgehead atoms. The molecule has 124 valence electrons. The summed E-state index contributed by atoms with van der Waals surface area (Å²) in [5.41, 5.74) is 1.68. The first-order valence-electron chi connectivity index (χ1n) is 7.82. The topological polar surface area (TPSA) is 58.9 Å². The van der Waals surface area contributed by atoms with Gasteiger partial charge in [0.1, 0.15) is 0 Å². The standard InChI is InChI=1S/C19H24O4/c1-5-22-17-11-13(7-9-15(17)20)19(3,4)14-8-10-16(21)18(12-14)23-6-2/h7-12,20-21H,5-6H2,1-4H3. The zero-order valence-electron chi connectivity index (χ0n) is 14.1. The van der Waals surface area contributed by atoms with E-state index in [2.05, 4.69) is 13.8 Å². The Hall–Kier alpha value is -2.36. The van der Waals surface area contributed by atoms with Crippen LogP contribution in [0.4, 0.5) is 0 Å². The van der Waals surface area contributed by atoms with E-state index in [0.29, 0.717) is 24.7 Å². The first kappa shape index (κ1) is 17.0. The second kappa shape index (κ2) is 6.82. The third kappa shape index (κ3) is 3.52. The molecule has 0 amide bonds. The average molecular weight is 316 g/mol. The number of phenolic OH excluding ortho intramolecular Hbond substituents is 2. The molecule has 4 nitrogen and oxygen atoms in total. The van der Waals surface area contributed by atoms with Crippen LogP contribution in [-0.2, 0) is 5.41 Å². The number of rotatable bonds is 6. The number of benzene rings is 2. The number of aromatic hydroxyl groups is 2. The van der Waals surface area contributed by atoms with Crippen LogP contribution in [0.3, 0.4) is 0 Å². The smallest absolute Gasteiger partial charge is 0.161 e. The molecule has 0 fully saturated rings. The van der Waals surface area contributed by atoms with Crippen molar-refractivity contribution in [1.29, 1.82) is 0 Å².